The number of aromatic nitrogens is 2. The molecule has 0 saturated heterocycles. The lowest BCUT2D eigenvalue weighted by Crippen LogP contribution is -2.34. The van der Waals surface area contributed by atoms with Gasteiger partial charge in [0.1, 0.15) is 6.04 Å². The fraction of sp³-hybridized carbons (Fsp3) is 0.667. The topological polar surface area (TPSA) is 49.8 Å². The van der Waals surface area contributed by atoms with Crippen LogP contribution in [0.1, 0.15) is 39.4 Å². The molecule has 96 valence electrons. The number of carbonyl (C=O) groups is 1. The standard InChI is InChI=1S/C12H21N3OS/c1-5-10-7-14-12(17)15(10)9(4)11(16)13-6-8(2)3/h7-9H,5-6H2,1-4H3,(H,13,16)(H,14,17). The Balaban J connectivity index is 2.81. The quantitative estimate of drug-likeness (QED) is 0.794. The van der Waals surface area contributed by atoms with E-state index in [1.54, 1.807) is 0 Å². The highest BCUT2D eigenvalue weighted by Gasteiger charge is 2.17. The molecule has 0 saturated carbocycles. The maximum absolute atomic E-state index is 12.0. The van der Waals surface area contributed by atoms with Crippen LogP contribution in [0.2, 0.25) is 0 Å². The molecule has 1 amide bonds. The van der Waals surface area contributed by atoms with Crippen LogP contribution in [0.4, 0.5) is 0 Å². The minimum atomic E-state index is -0.262. The Kier molecular flexibility index (Phi) is 4.93. The van der Waals surface area contributed by atoms with Gasteiger partial charge in [-0.1, -0.05) is 20.8 Å². The fourth-order valence-corrected chi connectivity index (χ4v) is 2.02. The molecule has 1 unspecified atom stereocenters. The van der Waals surface area contributed by atoms with Gasteiger partial charge in [0.05, 0.1) is 0 Å². The summed E-state index contributed by atoms with van der Waals surface area (Å²) in [4.78, 5) is 15.0. The Bertz CT molecular complexity index is 433. The molecule has 0 aliphatic rings. The lowest BCUT2D eigenvalue weighted by molar-refractivity contribution is -0.124. The second kappa shape index (κ2) is 6.00. The summed E-state index contributed by atoms with van der Waals surface area (Å²) in [5.74, 6) is 0.472. The summed E-state index contributed by atoms with van der Waals surface area (Å²) < 4.78 is 2.49. The minimum absolute atomic E-state index is 0.0177. The van der Waals surface area contributed by atoms with Crippen LogP contribution < -0.4 is 5.32 Å². The summed E-state index contributed by atoms with van der Waals surface area (Å²) in [5, 5.41) is 2.93. The van der Waals surface area contributed by atoms with E-state index in [-0.39, 0.29) is 11.9 Å². The van der Waals surface area contributed by atoms with E-state index in [1.165, 1.54) is 0 Å². The predicted octanol–water partition coefficient (Wildman–Crippen LogP) is 2.44. The zero-order chi connectivity index (χ0) is 13.0. The van der Waals surface area contributed by atoms with E-state index in [0.717, 1.165) is 12.1 Å². The third kappa shape index (κ3) is 3.43. The third-order valence-electron chi connectivity index (χ3n) is 2.70. The summed E-state index contributed by atoms with van der Waals surface area (Å²) in [7, 11) is 0. The van der Waals surface area contributed by atoms with E-state index in [2.05, 4.69) is 24.1 Å². The number of imidazole rings is 1. The van der Waals surface area contributed by atoms with Crippen LogP contribution in [0.25, 0.3) is 0 Å². The van der Waals surface area contributed by atoms with Crippen molar-refractivity contribution in [3.8, 4) is 0 Å². The normalized spacial score (nSPS) is 12.8. The van der Waals surface area contributed by atoms with Gasteiger partial charge < -0.3 is 14.9 Å². The highest BCUT2D eigenvalue weighted by Crippen LogP contribution is 2.12. The number of nitrogens with zero attached hydrogens (tertiary/aromatic N) is 1. The van der Waals surface area contributed by atoms with E-state index < -0.39 is 0 Å². The number of H-pyrrole nitrogens is 1. The van der Waals surface area contributed by atoms with Crippen molar-refractivity contribution < 1.29 is 4.79 Å². The van der Waals surface area contributed by atoms with Crippen molar-refractivity contribution in [1.29, 1.82) is 0 Å². The number of hydrogen-bond donors (Lipinski definition) is 2. The van der Waals surface area contributed by atoms with Gasteiger partial charge in [0.15, 0.2) is 4.77 Å². The smallest absolute Gasteiger partial charge is 0.242 e. The average molecular weight is 255 g/mol. The van der Waals surface area contributed by atoms with Crippen LogP contribution in [0, 0.1) is 10.7 Å². The lowest BCUT2D eigenvalue weighted by Gasteiger charge is -2.17. The Morgan fingerprint density at radius 2 is 2.18 bits per heavy atom. The number of rotatable bonds is 5. The SMILES string of the molecule is CCc1c[nH]c(=S)n1C(C)C(=O)NCC(C)C. The molecule has 0 radical (unpaired) electrons. The number of aromatic amines is 1. The monoisotopic (exact) mass is 255 g/mol. The first kappa shape index (κ1) is 14.0. The maximum Gasteiger partial charge on any atom is 0.242 e. The molecule has 4 nitrogen and oxygen atoms in total. The van der Waals surface area contributed by atoms with Gasteiger partial charge in [-0.3, -0.25) is 4.79 Å². The first-order chi connectivity index (χ1) is 7.97. The lowest BCUT2D eigenvalue weighted by atomic mass is 10.2. The molecule has 1 heterocycles. The molecule has 0 bridgehead atoms. The number of carbonyl (C=O) groups excluding carboxylic acids is 1. The highest BCUT2D eigenvalue weighted by atomic mass is 32.1. The summed E-state index contributed by atoms with van der Waals surface area (Å²) in [5.41, 5.74) is 1.06. The van der Waals surface area contributed by atoms with Crippen LogP contribution in [-0.2, 0) is 11.2 Å². The summed E-state index contributed by atoms with van der Waals surface area (Å²) in [6.45, 7) is 8.77. The summed E-state index contributed by atoms with van der Waals surface area (Å²) in [6, 6.07) is -0.262. The van der Waals surface area contributed by atoms with Gasteiger partial charge in [-0.25, -0.2) is 0 Å². The first-order valence-corrected chi connectivity index (χ1v) is 6.44. The van der Waals surface area contributed by atoms with Crippen LogP contribution in [0.3, 0.4) is 0 Å². The molecule has 1 aromatic heterocycles. The molecule has 17 heavy (non-hydrogen) atoms. The molecule has 0 aromatic carbocycles. The van der Waals surface area contributed by atoms with Gasteiger partial charge in [0.2, 0.25) is 5.91 Å². The second-order valence-corrected chi connectivity index (χ2v) is 5.01. The molecular formula is C12H21N3OS. The number of hydrogen-bond acceptors (Lipinski definition) is 2. The Hall–Kier alpha value is -1.10. The largest absolute Gasteiger partial charge is 0.354 e. The fourth-order valence-electron chi connectivity index (χ4n) is 1.68. The Morgan fingerprint density at radius 1 is 1.53 bits per heavy atom. The molecule has 5 heteroatoms. The predicted molar refractivity (Wildman–Crippen MR) is 71.6 cm³/mol. The molecular weight excluding hydrogens is 234 g/mol. The van der Waals surface area contributed by atoms with Crippen LogP contribution in [-0.4, -0.2) is 22.0 Å². The van der Waals surface area contributed by atoms with E-state index in [9.17, 15) is 4.79 Å². The molecule has 0 aliphatic heterocycles. The van der Waals surface area contributed by atoms with E-state index >= 15 is 0 Å². The second-order valence-electron chi connectivity index (χ2n) is 4.62. The molecule has 0 spiro atoms. The van der Waals surface area contributed by atoms with Crippen LogP contribution in [0.15, 0.2) is 6.20 Å². The van der Waals surface area contributed by atoms with Gasteiger partial charge in [-0.2, -0.15) is 0 Å². The Morgan fingerprint density at radius 3 is 2.71 bits per heavy atom. The third-order valence-corrected chi connectivity index (χ3v) is 3.02. The van der Waals surface area contributed by atoms with Crippen molar-refractivity contribution in [1.82, 2.24) is 14.9 Å². The van der Waals surface area contributed by atoms with Crippen molar-refractivity contribution in [2.75, 3.05) is 6.54 Å². The van der Waals surface area contributed by atoms with E-state index in [1.807, 2.05) is 24.6 Å². The molecule has 1 rings (SSSR count). The molecule has 0 fully saturated rings. The number of amides is 1. The van der Waals surface area contributed by atoms with Crippen molar-refractivity contribution in [3.63, 3.8) is 0 Å². The molecule has 2 N–H and O–H groups in total. The Labute approximate surface area is 107 Å². The van der Waals surface area contributed by atoms with Crippen molar-refractivity contribution in [2.45, 2.75) is 40.2 Å². The molecule has 1 atom stereocenters. The molecule has 0 aliphatic carbocycles. The van der Waals surface area contributed by atoms with Crippen molar-refractivity contribution in [3.05, 3.63) is 16.7 Å². The first-order valence-electron chi connectivity index (χ1n) is 6.03. The van der Waals surface area contributed by atoms with E-state index in [0.29, 0.717) is 17.2 Å². The van der Waals surface area contributed by atoms with Gasteiger partial charge in [0.25, 0.3) is 0 Å². The summed E-state index contributed by atoms with van der Waals surface area (Å²) >= 11 is 5.20. The number of aryl methyl sites for hydroxylation is 1. The van der Waals surface area contributed by atoms with Crippen molar-refractivity contribution in [2.24, 2.45) is 5.92 Å². The minimum Gasteiger partial charge on any atom is -0.354 e. The zero-order valence-electron chi connectivity index (χ0n) is 10.9. The van der Waals surface area contributed by atoms with Gasteiger partial charge in [-0.15, -0.1) is 0 Å². The van der Waals surface area contributed by atoms with Gasteiger partial charge in [-0.05, 0) is 31.5 Å². The maximum atomic E-state index is 12.0. The van der Waals surface area contributed by atoms with Crippen LogP contribution in [0.5, 0.6) is 0 Å². The van der Waals surface area contributed by atoms with Crippen molar-refractivity contribution >= 4 is 18.1 Å². The van der Waals surface area contributed by atoms with E-state index in [4.69, 9.17) is 12.2 Å². The molecule has 1 aromatic rings. The average Bonchev–Trinajstić information content (AvgIpc) is 2.66. The van der Waals surface area contributed by atoms with Crippen LogP contribution >= 0.6 is 12.2 Å². The van der Waals surface area contributed by atoms with Gasteiger partial charge >= 0.3 is 0 Å². The van der Waals surface area contributed by atoms with Gasteiger partial charge in [0, 0.05) is 18.4 Å². The zero-order valence-corrected chi connectivity index (χ0v) is 11.7. The number of nitrogens with one attached hydrogen (secondary N) is 2. The summed E-state index contributed by atoms with van der Waals surface area (Å²) in [6.07, 6.45) is 2.73. The highest BCUT2D eigenvalue weighted by molar-refractivity contribution is 7.71.